The van der Waals surface area contributed by atoms with Crippen LogP contribution in [-0.4, -0.2) is 38.4 Å². The van der Waals surface area contributed by atoms with E-state index >= 15 is 0 Å². The van der Waals surface area contributed by atoms with Crippen molar-refractivity contribution in [2.75, 3.05) is 38.4 Å². The van der Waals surface area contributed by atoms with Crippen molar-refractivity contribution in [3.05, 3.63) is 0 Å². The molecule has 0 aliphatic heterocycles. The fraction of sp³-hybridized carbons (Fsp3) is 1.00. The van der Waals surface area contributed by atoms with E-state index in [-0.39, 0.29) is 0 Å². The third-order valence-electron chi connectivity index (χ3n) is 3.49. The Kier molecular flexibility index (Phi) is 9.09. The fourth-order valence-electron chi connectivity index (χ4n) is 3.06. The van der Waals surface area contributed by atoms with Gasteiger partial charge in [-0.2, -0.15) is 0 Å². The minimum absolute atomic E-state index is 0.341. The van der Waals surface area contributed by atoms with Crippen molar-refractivity contribution >= 4 is 14.7 Å². The molecule has 0 bridgehead atoms. The standard InChI is InChI=1S/C14H34O4P2/c1-7-12-20(6,13-8-2,14-9-3)18-19(15,16-10-4)17-11-5/h7-14H2,1-6H3. The van der Waals surface area contributed by atoms with Gasteiger partial charge >= 0.3 is 125 Å². The van der Waals surface area contributed by atoms with Crippen molar-refractivity contribution in [2.24, 2.45) is 0 Å². The van der Waals surface area contributed by atoms with Crippen molar-refractivity contribution in [1.29, 1.82) is 0 Å². The number of hydrogen-bond donors (Lipinski definition) is 0. The van der Waals surface area contributed by atoms with Gasteiger partial charge in [-0.1, -0.05) is 0 Å². The summed E-state index contributed by atoms with van der Waals surface area (Å²) in [6.45, 7) is 10.5. The predicted molar refractivity (Wildman–Crippen MR) is 90.3 cm³/mol. The summed E-state index contributed by atoms with van der Waals surface area (Å²) in [5.41, 5.74) is 0. The van der Waals surface area contributed by atoms with E-state index in [9.17, 15) is 4.57 Å². The molecule has 124 valence electrons. The number of rotatable bonds is 12. The molecule has 6 heteroatoms. The first-order valence-corrected chi connectivity index (χ1v) is 12.5. The van der Waals surface area contributed by atoms with Gasteiger partial charge in [-0.3, -0.25) is 0 Å². The summed E-state index contributed by atoms with van der Waals surface area (Å²) in [5.74, 6) is 0. The van der Waals surface area contributed by atoms with Gasteiger partial charge in [0.2, 0.25) is 0 Å². The molecule has 0 N–H and O–H groups in total. The van der Waals surface area contributed by atoms with E-state index in [1.165, 1.54) is 0 Å². The van der Waals surface area contributed by atoms with Crippen LogP contribution in [0.25, 0.3) is 0 Å². The third-order valence-corrected chi connectivity index (χ3v) is 12.6. The molecule has 0 aromatic heterocycles. The zero-order chi connectivity index (χ0) is 15.7. The quantitative estimate of drug-likeness (QED) is 0.443. The van der Waals surface area contributed by atoms with Gasteiger partial charge in [-0.25, -0.2) is 0 Å². The van der Waals surface area contributed by atoms with Gasteiger partial charge in [0, 0.05) is 0 Å². The molecule has 4 nitrogen and oxygen atoms in total. The maximum atomic E-state index is 12.8. The summed E-state index contributed by atoms with van der Waals surface area (Å²) in [6, 6.07) is 0. The summed E-state index contributed by atoms with van der Waals surface area (Å²) in [4.78, 5) is 0. The van der Waals surface area contributed by atoms with Crippen LogP contribution in [0.15, 0.2) is 0 Å². The van der Waals surface area contributed by atoms with Gasteiger partial charge in [-0.05, 0) is 0 Å². The van der Waals surface area contributed by atoms with Crippen LogP contribution in [0, 0.1) is 0 Å². The van der Waals surface area contributed by atoms with Crippen molar-refractivity contribution < 1.29 is 17.9 Å². The molecular weight excluding hydrogens is 294 g/mol. The van der Waals surface area contributed by atoms with E-state index in [1.807, 2.05) is 13.8 Å². The Morgan fingerprint density at radius 3 is 1.40 bits per heavy atom. The van der Waals surface area contributed by atoms with Gasteiger partial charge in [0.05, 0.1) is 0 Å². The molecule has 0 unspecified atom stereocenters. The van der Waals surface area contributed by atoms with E-state index in [0.29, 0.717) is 13.2 Å². The molecule has 0 atom stereocenters. The monoisotopic (exact) mass is 328 g/mol. The Morgan fingerprint density at radius 1 is 0.800 bits per heavy atom. The maximum absolute atomic E-state index is 12.8. The van der Waals surface area contributed by atoms with E-state index in [0.717, 1.165) is 37.7 Å². The summed E-state index contributed by atoms with van der Waals surface area (Å²) >= 11 is 0. The molecule has 0 aliphatic carbocycles. The van der Waals surface area contributed by atoms with Crippen molar-refractivity contribution in [2.45, 2.75) is 53.9 Å². The van der Waals surface area contributed by atoms with Gasteiger partial charge in [0.25, 0.3) is 0 Å². The molecule has 0 heterocycles. The molecule has 0 amide bonds. The Balaban J connectivity index is 5.44. The number of hydrogen-bond acceptors (Lipinski definition) is 4. The van der Waals surface area contributed by atoms with E-state index in [4.69, 9.17) is 13.4 Å². The van der Waals surface area contributed by atoms with Gasteiger partial charge in [0.15, 0.2) is 0 Å². The fourth-order valence-corrected chi connectivity index (χ4v) is 12.1. The van der Waals surface area contributed by atoms with Crippen LogP contribution in [0.3, 0.4) is 0 Å². The number of phosphoric ester groups is 1. The van der Waals surface area contributed by atoms with Crippen LogP contribution in [0.1, 0.15) is 53.9 Å². The summed E-state index contributed by atoms with van der Waals surface area (Å²) < 4.78 is 29.8. The molecular formula is C14H34O4P2. The SMILES string of the molecule is CCCP(C)(CCC)(CCC)OP(=O)(OCC)OCC. The molecule has 0 aliphatic rings. The van der Waals surface area contributed by atoms with Crippen LogP contribution >= 0.6 is 14.7 Å². The first-order valence-electron chi connectivity index (χ1n) is 7.92. The summed E-state index contributed by atoms with van der Waals surface area (Å²) in [6.07, 6.45) is 6.05. The van der Waals surface area contributed by atoms with Gasteiger partial charge in [0.1, 0.15) is 0 Å². The second-order valence-corrected chi connectivity index (χ2v) is 13.5. The Labute approximate surface area is 125 Å². The third kappa shape index (κ3) is 6.12. The normalized spacial score (nSPS) is 15.0. The molecule has 0 radical (unpaired) electrons. The second kappa shape index (κ2) is 8.86. The first-order chi connectivity index (χ1) is 9.31. The zero-order valence-electron chi connectivity index (χ0n) is 14.2. The van der Waals surface area contributed by atoms with Crippen LogP contribution in [0.5, 0.6) is 0 Å². The summed E-state index contributed by atoms with van der Waals surface area (Å²) in [5, 5.41) is 0. The predicted octanol–water partition coefficient (Wildman–Crippen LogP) is 5.51. The Bertz CT molecular complexity index is 291. The van der Waals surface area contributed by atoms with Crippen molar-refractivity contribution in [3.8, 4) is 0 Å². The van der Waals surface area contributed by atoms with E-state index in [1.54, 1.807) is 0 Å². The second-order valence-electron chi connectivity index (χ2n) is 5.72. The molecule has 0 fully saturated rings. The van der Waals surface area contributed by atoms with Gasteiger partial charge in [-0.15, -0.1) is 0 Å². The first kappa shape index (κ1) is 20.5. The van der Waals surface area contributed by atoms with E-state index < -0.39 is 14.7 Å². The minimum atomic E-state index is -3.44. The molecule has 0 aromatic carbocycles. The van der Waals surface area contributed by atoms with E-state index in [2.05, 4.69) is 27.4 Å². The molecule has 0 rings (SSSR count). The van der Waals surface area contributed by atoms with Crippen LogP contribution in [0.4, 0.5) is 0 Å². The molecule has 0 saturated carbocycles. The molecule has 20 heavy (non-hydrogen) atoms. The molecule has 0 saturated heterocycles. The van der Waals surface area contributed by atoms with Gasteiger partial charge < -0.3 is 0 Å². The van der Waals surface area contributed by atoms with Crippen molar-refractivity contribution in [3.63, 3.8) is 0 Å². The van der Waals surface area contributed by atoms with Crippen LogP contribution < -0.4 is 0 Å². The Morgan fingerprint density at radius 2 is 1.15 bits per heavy atom. The van der Waals surface area contributed by atoms with Crippen LogP contribution in [-0.2, 0) is 17.9 Å². The topological polar surface area (TPSA) is 44.8 Å². The zero-order valence-corrected chi connectivity index (χ0v) is 16.0. The summed E-state index contributed by atoms with van der Waals surface area (Å²) in [7, 11) is -3.44. The molecule has 0 aromatic rings. The van der Waals surface area contributed by atoms with Crippen LogP contribution in [0.2, 0.25) is 0 Å². The average Bonchev–Trinajstić information content (AvgIpc) is 2.29. The average molecular weight is 328 g/mol. The molecule has 0 spiro atoms. The number of phosphoric acid groups is 1. The van der Waals surface area contributed by atoms with Crippen molar-refractivity contribution in [1.82, 2.24) is 0 Å². The Hall–Kier alpha value is 0.540.